The van der Waals surface area contributed by atoms with Crippen molar-refractivity contribution >= 4 is 34.8 Å². The summed E-state index contributed by atoms with van der Waals surface area (Å²) in [6, 6.07) is 17.0. The van der Waals surface area contributed by atoms with Crippen molar-refractivity contribution in [2.75, 3.05) is 48.7 Å². The fourth-order valence-electron chi connectivity index (χ4n) is 4.74. The molecular formula is C31H34F3N5O3. The molecule has 0 spiro atoms. The first-order valence-electron chi connectivity index (χ1n) is 13.8. The molecule has 1 fully saturated rings. The van der Waals surface area contributed by atoms with Crippen molar-refractivity contribution in [3.8, 4) is 0 Å². The van der Waals surface area contributed by atoms with Gasteiger partial charge in [-0.3, -0.25) is 14.4 Å². The number of nitrogens with zero attached hydrogens (tertiary/aromatic N) is 1. The van der Waals surface area contributed by atoms with E-state index in [0.29, 0.717) is 44.7 Å². The number of anilines is 3. The Morgan fingerprint density at radius 3 is 2.29 bits per heavy atom. The molecule has 0 saturated carbocycles. The Morgan fingerprint density at radius 2 is 1.57 bits per heavy atom. The van der Waals surface area contributed by atoms with Gasteiger partial charge in [0, 0.05) is 50.4 Å². The maximum atomic E-state index is 13.6. The van der Waals surface area contributed by atoms with E-state index in [9.17, 15) is 27.6 Å². The number of hydrogen-bond donors (Lipinski definition) is 4. The number of carbonyl (C=O) groups is 3. The molecule has 0 atom stereocenters. The number of likely N-dealkylation sites (tertiary alicyclic amines) is 1. The molecule has 4 rings (SSSR count). The van der Waals surface area contributed by atoms with E-state index in [1.54, 1.807) is 17.0 Å². The van der Waals surface area contributed by atoms with Crippen LogP contribution in [-0.2, 0) is 11.0 Å². The van der Waals surface area contributed by atoms with Crippen LogP contribution in [0.4, 0.5) is 30.2 Å². The number of amides is 3. The van der Waals surface area contributed by atoms with Crippen LogP contribution in [0.2, 0.25) is 0 Å². The largest absolute Gasteiger partial charge is 0.417 e. The van der Waals surface area contributed by atoms with Crippen LogP contribution in [0.3, 0.4) is 0 Å². The molecule has 0 bridgehead atoms. The molecule has 1 aliphatic heterocycles. The van der Waals surface area contributed by atoms with Crippen LogP contribution in [0.15, 0.2) is 66.7 Å². The standard InChI is InChI=1S/C31H34F3N5O3/c1-21-8-2-5-11-25(21)35-16-17-36-26-14-13-22(29(41)37-15-7-19-39-18-6-12-28(39)40)20-27(26)38-30(42)23-9-3-4-10-24(23)31(32,33)34/h2-5,8-11,13-14,20,35-36H,6-7,12,15-19H2,1H3,(H,37,41)(H,38,42). The maximum Gasteiger partial charge on any atom is 0.417 e. The van der Waals surface area contributed by atoms with E-state index in [4.69, 9.17) is 0 Å². The van der Waals surface area contributed by atoms with Gasteiger partial charge >= 0.3 is 6.18 Å². The van der Waals surface area contributed by atoms with Crippen LogP contribution in [0, 0.1) is 6.92 Å². The van der Waals surface area contributed by atoms with Gasteiger partial charge in [-0.2, -0.15) is 13.2 Å². The van der Waals surface area contributed by atoms with Gasteiger partial charge in [-0.1, -0.05) is 30.3 Å². The summed E-state index contributed by atoms with van der Waals surface area (Å²) in [5, 5.41) is 11.9. The fraction of sp³-hybridized carbons (Fsp3) is 0.323. The lowest BCUT2D eigenvalue weighted by Gasteiger charge is -2.18. The smallest absolute Gasteiger partial charge is 0.383 e. The molecule has 3 aromatic carbocycles. The van der Waals surface area contributed by atoms with E-state index in [1.807, 2.05) is 31.2 Å². The molecule has 1 saturated heterocycles. The Labute approximate surface area is 242 Å². The average molecular weight is 582 g/mol. The number of nitrogens with one attached hydrogen (secondary N) is 4. The van der Waals surface area contributed by atoms with E-state index in [2.05, 4.69) is 21.3 Å². The van der Waals surface area contributed by atoms with Crippen molar-refractivity contribution in [2.24, 2.45) is 0 Å². The van der Waals surface area contributed by atoms with E-state index < -0.39 is 29.1 Å². The quantitative estimate of drug-likeness (QED) is 0.211. The minimum absolute atomic E-state index is 0.117. The van der Waals surface area contributed by atoms with Crippen LogP contribution in [0.1, 0.15) is 51.1 Å². The van der Waals surface area contributed by atoms with Gasteiger partial charge in [-0.05, 0) is 61.7 Å². The highest BCUT2D eigenvalue weighted by Crippen LogP contribution is 2.33. The molecule has 0 aromatic heterocycles. The lowest BCUT2D eigenvalue weighted by atomic mass is 10.1. The van der Waals surface area contributed by atoms with E-state index in [-0.39, 0.29) is 17.2 Å². The summed E-state index contributed by atoms with van der Waals surface area (Å²) in [7, 11) is 0. The first kappa shape index (κ1) is 30.4. The van der Waals surface area contributed by atoms with Crippen molar-refractivity contribution in [1.82, 2.24) is 10.2 Å². The summed E-state index contributed by atoms with van der Waals surface area (Å²) in [6.07, 6.45) is -2.73. The highest BCUT2D eigenvalue weighted by Gasteiger charge is 2.35. The van der Waals surface area contributed by atoms with Crippen LogP contribution < -0.4 is 21.3 Å². The third kappa shape index (κ3) is 8.02. The first-order valence-corrected chi connectivity index (χ1v) is 13.8. The zero-order chi connectivity index (χ0) is 30.1. The second kappa shape index (κ2) is 13.9. The van der Waals surface area contributed by atoms with Crippen molar-refractivity contribution in [1.29, 1.82) is 0 Å². The van der Waals surface area contributed by atoms with Gasteiger partial charge in [-0.15, -0.1) is 0 Å². The van der Waals surface area contributed by atoms with Crippen LogP contribution in [0.5, 0.6) is 0 Å². The second-order valence-electron chi connectivity index (χ2n) is 10.0. The molecule has 11 heteroatoms. The first-order chi connectivity index (χ1) is 20.1. The zero-order valence-electron chi connectivity index (χ0n) is 23.3. The monoisotopic (exact) mass is 581 g/mol. The lowest BCUT2D eigenvalue weighted by molar-refractivity contribution is -0.138. The molecule has 1 heterocycles. The van der Waals surface area contributed by atoms with Crippen molar-refractivity contribution < 1.29 is 27.6 Å². The summed E-state index contributed by atoms with van der Waals surface area (Å²) in [5.41, 5.74) is 1.32. The normalized spacial score (nSPS) is 13.1. The molecule has 4 N–H and O–H groups in total. The number of hydrogen-bond acceptors (Lipinski definition) is 5. The topological polar surface area (TPSA) is 103 Å². The fourth-order valence-corrected chi connectivity index (χ4v) is 4.74. The molecule has 1 aliphatic rings. The van der Waals surface area contributed by atoms with Crippen LogP contribution >= 0.6 is 0 Å². The summed E-state index contributed by atoms with van der Waals surface area (Å²) in [6.45, 7) is 4.56. The summed E-state index contributed by atoms with van der Waals surface area (Å²) >= 11 is 0. The van der Waals surface area contributed by atoms with Gasteiger partial charge in [0.1, 0.15) is 0 Å². The van der Waals surface area contributed by atoms with E-state index in [1.165, 1.54) is 18.2 Å². The Balaban J connectivity index is 1.46. The minimum atomic E-state index is -4.71. The van der Waals surface area contributed by atoms with Crippen molar-refractivity contribution in [3.63, 3.8) is 0 Å². The molecular weight excluding hydrogens is 547 g/mol. The van der Waals surface area contributed by atoms with Crippen molar-refractivity contribution in [3.05, 3.63) is 89.0 Å². The van der Waals surface area contributed by atoms with Gasteiger partial charge in [0.2, 0.25) is 5.91 Å². The zero-order valence-corrected chi connectivity index (χ0v) is 23.3. The van der Waals surface area contributed by atoms with Gasteiger partial charge in [-0.25, -0.2) is 0 Å². The highest BCUT2D eigenvalue weighted by atomic mass is 19.4. The minimum Gasteiger partial charge on any atom is -0.383 e. The molecule has 3 amide bonds. The van der Waals surface area contributed by atoms with Crippen molar-refractivity contribution in [2.45, 2.75) is 32.4 Å². The Kier molecular flexibility index (Phi) is 10.1. The van der Waals surface area contributed by atoms with Gasteiger partial charge in [0.25, 0.3) is 11.8 Å². The number of para-hydroxylation sites is 1. The predicted molar refractivity (Wildman–Crippen MR) is 157 cm³/mol. The molecule has 42 heavy (non-hydrogen) atoms. The van der Waals surface area contributed by atoms with Crippen LogP contribution in [0.25, 0.3) is 0 Å². The van der Waals surface area contributed by atoms with E-state index in [0.717, 1.165) is 36.3 Å². The Morgan fingerprint density at radius 1 is 0.857 bits per heavy atom. The number of alkyl halides is 3. The number of benzene rings is 3. The number of carbonyl (C=O) groups excluding carboxylic acids is 3. The number of aryl methyl sites for hydroxylation is 1. The van der Waals surface area contributed by atoms with Gasteiger partial charge < -0.3 is 26.2 Å². The molecule has 0 radical (unpaired) electrons. The second-order valence-corrected chi connectivity index (χ2v) is 10.0. The average Bonchev–Trinajstić information content (AvgIpc) is 3.38. The number of halogens is 3. The third-order valence-electron chi connectivity index (χ3n) is 6.97. The molecule has 0 aliphatic carbocycles. The molecule has 0 unspecified atom stereocenters. The SMILES string of the molecule is Cc1ccccc1NCCNc1ccc(C(=O)NCCCN2CCCC2=O)cc1NC(=O)c1ccccc1C(F)(F)F. The molecule has 3 aromatic rings. The van der Waals surface area contributed by atoms with Gasteiger partial charge in [0.15, 0.2) is 0 Å². The van der Waals surface area contributed by atoms with Gasteiger partial charge in [0.05, 0.1) is 22.5 Å². The Hall–Kier alpha value is -4.54. The number of rotatable bonds is 12. The molecule has 8 nitrogen and oxygen atoms in total. The summed E-state index contributed by atoms with van der Waals surface area (Å²) in [5.74, 6) is -1.23. The summed E-state index contributed by atoms with van der Waals surface area (Å²) in [4.78, 5) is 39.5. The van der Waals surface area contributed by atoms with Crippen LogP contribution in [-0.4, -0.2) is 55.3 Å². The third-order valence-corrected chi connectivity index (χ3v) is 6.97. The molecule has 222 valence electrons. The lowest BCUT2D eigenvalue weighted by Crippen LogP contribution is -2.30. The summed E-state index contributed by atoms with van der Waals surface area (Å²) < 4.78 is 40.7. The predicted octanol–water partition coefficient (Wildman–Crippen LogP) is 5.53. The Bertz CT molecular complexity index is 1430. The maximum absolute atomic E-state index is 13.6. The van der Waals surface area contributed by atoms with E-state index >= 15 is 0 Å². The highest BCUT2D eigenvalue weighted by molar-refractivity contribution is 6.08.